The zero-order chi connectivity index (χ0) is 6.69. The molecule has 1 aliphatic rings. The maximum absolute atomic E-state index is 6.75. The highest BCUT2D eigenvalue weighted by atomic mass is 35.5. The van der Waals surface area contributed by atoms with E-state index in [1.165, 1.54) is 0 Å². The van der Waals surface area contributed by atoms with Crippen molar-refractivity contribution in [2.45, 2.75) is 37.8 Å². The second-order valence-electron chi connectivity index (χ2n) is 2.70. The quantitative estimate of drug-likeness (QED) is 0.536. The van der Waals surface area contributed by atoms with Gasteiger partial charge in [-0.2, -0.15) is 0 Å². The normalized spacial score (nSPS) is 32.0. The third-order valence-electron chi connectivity index (χ3n) is 1.92. The fourth-order valence-electron chi connectivity index (χ4n) is 1.23. The molecule has 0 aliphatic heterocycles. The molecule has 0 saturated heterocycles. The van der Waals surface area contributed by atoms with Crippen molar-refractivity contribution in [2.24, 2.45) is 5.73 Å². The van der Waals surface area contributed by atoms with Gasteiger partial charge in [-0.3, -0.25) is 0 Å². The average Bonchev–Trinajstić information content (AvgIpc) is 1.90. The first-order chi connectivity index (χ1) is 4.33. The van der Waals surface area contributed by atoms with Crippen LogP contribution in [0, 0.1) is 6.57 Å². The Morgan fingerprint density at radius 2 is 1.70 bits per heavy atom. The third-order valence-corrected chi connectivity index (χ3v) is 1.92. The Morgan fingerprint density at radius 3 is 2.10 bits per heavy atom. The van der Waals surface area contributed by atoms with Crippen molar-refractivity contribution in [1.82, 2.24) is 0 Å². The lowest BCUT2D eigenvalue weighted by Gasteiger charge is -2.17. The van der Waals surface area contributed by atoms with Crippen LogP contribution in [0.4, 0.5) is 0 Å². The van der Waals surface area contributed by atoms with Crippen molar-refractivity contribution < 1.29 is 0 Å². The summed E-state index contributed by atoms with van der Waals surface area (Å²) in [6, 6.07) is 0.660. The number of hydrogen-bond donors (Lipinski definition) is 1. The van der Waals surface area contributed by atoms with E-state index in [1.807, 2.05) is 0 Å². The molecule has 3 heteroatoms. The van der Waals surface area contributed by atoms with E-state index in [-0.39, 0.29) is 18.4 Å². The fourth-order valence-corrected chi connectivity index (χ4v) is 1.23. The molecule has 58 valence electrons. The van der Waals surface area contributed by atoms with E-state index in [0.29, 0.717) is 6.04 Å². The molecule has 1 rings (SSSR count). The summed E-state index contributed by atoms with van der Waals surface area (Å²) in [5.74, 6) is 0. The van der Waals surface area contributed by atoms with Crippen molar-refractivity contribution in [1.29, 1.82) is 0 Å². The SMILES string of the molecule is Cl.[C-]#[N+]C1CCC(N)CC1. The van der Waals surface area contributed by atoms with Crippen LogP contribution in [-0.4, -0.2) is 12.1 Å². The molecule has 1 fully saturated rings. The van der Waals surface area contributed by atoms with Crippen molar-refractivity contribution in [3.8, 4) is 0 Å². The van der Waals surface area contributed by atoms with Crippen LogP contribution in [0.3, 0.4) is 0 Å². The lowest BCUT2D eigenvalue weighted by atomic mass is 9.92. The van der Waals surface area contributed by atoms with Gasteiger partial charge in [0.15, 0.2) is 0 Å². The topological polar surface area (TPSA) is 30.4 Å². The van der Waals surface area contributed by atoms with Crippen molar-refractivity contribution in [3.63, 3.8) is 0 Å². The summed E-state index contributed by atoms with van der Waals surface area (Å²) in [6.45, 7) is 6.75. The lowest BCUT2D eigenvalue weighted by Crippen LogP contribution is -2.27. The van der Waals surface area contributed by atoms with Gasteiger partial charge in [0.25, 0.3) is 0 Å². The Hall–Kier alpha value is -0.260. The number of nitrogens with zero attached hydrogens (tertiary/aromatic N) is 1. The first-order valence-electron chi connectivity index (χ1n) is 3.45. The highest BCUT2D eigenvalue weighted by Gasteiger charge is 2.21. The molecule has 0 aromatic carbocycles. The summed E-state index contributed by atoms with van der Waals surface area (Å²) in [7, 11) is 0. The standard InChI is InChI=1S/C7H12N2.ClH/c1-9-7-4-2-6(8)3-5-7;/h6-7H,2-5,8H2;1H. The molecule has 0 radical (unpaired) electrons. The highest BCUT2D eigenvalue weighted by molar-refractivity contribution is 5.85. The first kappa shape index (κ1) is 9.74. The Morgan fingerprint density at radius 1 is 1.20 bits per heavy atom. The molecule has 0 atom stereocenters. The molecule has 0 bridgehead atoms. The molecule has 0 amide bonds. The van der Waals surface area contributed by atoms with Crippen LogP contribution in [0.15, 0.2) is 0 Å². The summed E-state index contributed by atoms with van der Waals surface area (Å²) in [4.78, 5) is 3.48. The van der Waals surface area contributed by atoms with Gasteiger partial charge in [0, 0.05) is 18.9 Å². The van der Waals surface area contributed by atoms with Crippen LogP contribution in [0.1, 0.15) is 25.7 Å². The summed E-state index contributed by atoms with van der Waals surface area (Å²) in [6.07, 6.45) is 4.13. The van der Waals surface area contributed by atoms with Gasteiger partial charge in [-0.25, -0.2) is 6.57 Å². The van der Waals surface area contributed by atoms with Crippen LogP contribution in [0.5, 0.6) is 0 Å². The molecule has 1 saturated carbocycles. The molecule has 0 heterocycles. The largest absolute Gasteiger partial charge is 0.328 e. The van der Waals surface area contributed by atoms with Crippen molar-refractivity contribution in [2.75, 3.05) is 0 Å². The van der Waals surface area contributed by atoms with Gasteiger partial charge in [0.2, 0.25) is 6.04 Å². The molecule has 0 aromatic rings. The number of nitrogens with two attached hydrogens (primary N) is 1. The summed E-state index contributed by atoms with van der Waals surface area (Å²) in [5.41, 5.74) is 5.65. The molecule has 2 N–H and O–H groups in total. The van der Waals surface area contributed by atoms with Crippen LogP contribution >= 0.6 is 12.4 Å². The van der Waals surface area contributed by atoms with Gasteiger partial charge in [0.1, 0.15) is 0 Å². The molecule has 0 unspecified atom stereocenters. The predicted octanol–water partition coefficient (Wildman–Crippen LogP) is 1.60. The van der Waals surface area contributed by atoms with E-state index < -0.39 is 0 Å². The zero-order valence-corrected chi connectivity index (χ0v) is 6.73. The maximum Gasteiger partial charge on any atom is 0.223 e. The minimum atomic E-state index is 0. The zero-order valence-electron chi connectivity index (χ0n) is 5.92. The smallest absolute Gasteiger partial charge is 0.223 e. The summed E-state index contributed by atoms with van der Waals surface area (Å²) >= 11 is 0. The lowest BCUT2D eigenvalue weighted by molar-refractivity contribution is 0.424. The van der Waals surface area contributed by atoms with E-state index in [4.69, 9.17) is 12.3 Å². The van der Waals surface area contributed by atoms with Crippen LogP contribution in [0.2, 0.25) is 0 Å². The molecule has 10 heavy (non-hydrogen) atoms. The fraction of sp³-hybridized carbons (Fsp3) is 0.857. The summed E-state index contributed by atoms with van der Waals surface area (Å²) in [5, 5.41) is 0. The molecule has 2 nitrogen and oxygen atoms in total. The van der Waals surface area contributed by atoms with E-state index in [0.717, 1.165) is 25.7 Å². The van der Waals surface area contributed by atoms with Crippen LogP contribution in [-0.2, 0) is 0 Å². The van der Waals surface area contributed by atoms with Gasteiger partial charge in [0.05, 0.1) is 0 Å². The van der Waals surface area contributed by atoms with Gasteiger partial charge in [-0.05, 0) is 12.8 Å². The van der Waals surface area contributed by atoms with E-state index >= 15 is 0 Å². The van der Waals surface area contributed by atoms with Gasteiger partial charge < -0.3 is 10.6 Å². The molecule has 0 aromatic heterocycles. The van der Waals surface area contributed by atoms with Gasteiger partial charge in [-0.1, -0.05) is 0 Å². The van der Waals surface area contributed by atoms with Gasteiger partial charge in [-0.15, -0.1) is 12.4 Å². The van der Waals surface area contributed by atoms with Gasteiger partial charge >= 0.3 is 0 Å². The minimum Gasteiger partial charge on any atom is -0.328 e. The van der Waals surface area contributed by atoms with Crippen molar-refractivity contribution >= 4 is 12.4 Å². The Labute approximate surface area is 68.0 Å². The minimum absolute atomic E-state index is 0. The average molecular weight is 161 g/mol. The number of halogens is 1. The third kappa shape index (κ3) is 2.55. The second kappa shape index (κ2) is 4.54. The molecular formula is C7H13ClN2. The molecular weight excluding hydrogens is 148 g/mol. The van der Waals surface area contributed by atoms with E-state index in [1.54, 1.807) is 0 Å². The van der Waals surface area contributed by atoms with E-state index in [9.17, 15) is 0 Å². The number of rotatable bonds is 0. The van der Waals surface area contributed by atoms with E-state index in [2.05, 4.69) is 4.85 Å². The Kier molecular flexibility index (Phi) is 4.42. The summed E-state index contributed by atoms with van der Waals surface area (Å²) < 4.78 is 0. The first-order valence-corrected chi connectivity index (χ1v) is 3.45. The van der Waals surface area contributed by atoms with Crippen LogP contribution in [0.25, 0.3) is 4.85 Å². The van der Waals surface area contributed by atoms with Crippen LogP contribution < -0.4 is 5.73 Å². The number of hydrogen-bond acceptors (Lipinski definition) is 1. The Bertz CT molecular complexity index is 122. The predicted molar refractivity (Wildman–Crippen MR) is 44.1 cm³/mol. The maximum atomic E-state index is 6.75. The Balaban J connectivity index is 0.000000810. The molecule has 0 spiro atoms. The second-order valence-corrected chi connectivity index (χ2v) is 2.70. The monoisotopic (exact) mass is 160 g/mol. The van der Waals surface area contributed by atoms with Crippen molar-refractivity contribution in [3.05, 3.63) is 11.4 Å². The molecule has 1 aliphatic carbocycles. The highest BCUT2D eigenvalue weighted by Crippen LogP contribution is 2.19.